The van der Waals surface area contributed by atoms with E-state index in [0.29, 0.717) is 24.7 Å². The van der Waals surface area contributed by atoms with Gasteiger partial charge < -0.3 is 30.4 Å². The Bertz CT molecular complexity index is 1590. The highest BCUT2D eigenvalue weighted by Gasteiger charge is 2.68. The lowest BCUT2D eigenvalue weighted by Gasteiger charge is -2.64. The molecular formula is C35H51BN6O7. The minimum atomic E-state index is -0.903. The number of nitrogens with zero attached hydrogens (tertiary/aromatic N) is 2. The van der Waals surface area contributed by atoms with Crippen molar-refractivity contribution in [1.29, 1.82) is 0 Å². The lowest BCUT2D eigenvalue weighted by atomic mass is 9.43. The van der Waals surface area contributed by atoms with Crippen molar-refractivity contribution in [2.75, 3.05) is 13.7 Å². The Morgan fingerprint density at radius 3 is 2.49 bits per heavy atom. The fourth-order valence-corrected chi connectivity index (χ4v) is 8.08. The number of hydrogen-bond acceptors (Lipinski definition) is 8. The number of nitrogens with one attached hydrogen (secondary N) is 3. The summed E-state index contributed by atoms with van der Waals surface area (Å²) in [7, 11) is 1.01. The lowest BCUT2D eigenvalue weighted by molar-refractivity contribution is -0.525. The van der Waals surface area contributed by atoms with E-state index in [-0.39, 0.29) is 48.2 Å². The molecule has 0 radical (unpaired) electrons. The summed E-state index contributed by atoms with van der Waals surface area (Å²) < 4.78 is 18.6. The Kier molecular flexibility index (Phi) is 10.8. The third-order valence-corrected chi connectivity index (χ3v) is 11.1. The number of nitro groups is 1. The van der Waals surface area contributed by atoms with Crippen LogP contribution in [-0.4, -0.2) is 67.3 Å². The highest BCUT2D eigenvalue weighted by Crippen LogP contribution is 2.65. The van der Waals surface area contributed by atoms with Crippen LogP contribution in [0.5, 0.6) is 5.75 Å². The van der Waals surface area contributed by atoms with E-state index in [1.807, 2.05) is 41.8 Å². The van der Waals surface area contributed by atoms with E-state index in [1.54, 1.807) is 14.0 Å². The molecule has 2 aromatic rings. The van der Waals surface area contributed by atoms with Gasteiger partial charge in [-0.2, -0.15) is 0 Å². The van der Waals surface area contributed by atoms with Gasteiger partial charge in [0.2, 0.25) is 11.8 Å². The van der Waals surface area contributed by atoms with Crippen LogP contribution >= 0.6 is 0 Å². The van der Waals surface area contributed by atoms with Crippen LogP contribution in [0, 0.1) is 33.3 Å². The molecule has 2 aromatic carbocycles. The van der Waals surface area contributed by atoms with Crippen molar-refractivity contribution in [3.8, 4) is 5.75 Å². The van der Waals surface area contributed by atoms with Crippen LogP contribution in [0.3, 0.4) is 0 Å². The Hall–Kier alpha value is -3.91. The van der Waals surface area contributed by atoms with Crippen molar-refractivity contribution in [2.45, 2.75) is 103 Å². The number of fused-ring (bicyclic) bond motifs is 1. The largest absolute Gasteiger partial charge is 0.497 e. The molecule has 266 valence electrons. The summed E-state index contributed by atoms with van der Waals surface area (Å²) in [6.45, 7) is 12.9. The summed E-state index contributed by atoms with van der Waals surface area (Å²) in [4.78, 5) is 42.4. The Labute approximate surface area is 288 Å². The maximum absolute atomic E-state index is 14.1. The number of rotatable bonds is 14. The number of ether oxygens (including phenoxy) is 1. The average Bonchev–Trinajstić information content (AvgIpc) is 3.41. The van der Waals surface area contributed by atoms with Crippen LogP contribution in [0.25, 0.3) is 10.8 Å². The van der Waals surface area contributed by atoms with Gasteiger partial charge in [-0.25, -0.2) is 15.1 Å². The molecule has 1 aliphatic heterocycles. The van der Waals surface area contributed by atoms with Crippen LogP contribution in [-0.2, 0) is 18.9 Å². The molecule has 1 saturated heterocycles. The summed E-state index contributed by atoms with van der Waals surface area (Å²) in [6, 6.07) is 10.7. The van der Waals surface area contributed by atoms with Gasteiger partial charge in [0, 0.05) is 6.54 Å². The van der Waals surface area contributed by atoms with Gasteiger partial charge in [0.1, 0.15) is 11.8 Å². The molecule has 3 aliphatic carbocycles. The second kappa shape index (κ2) is 14.5. The van der Waals surface area contributed by atoms with Crippen molar-refractivity contribution in [3.63, 3.8) is 0 Å². The summed E-state index contributed by atoms with van der Waals surface area (Å²) in [5.41, 5.74) is 7.96. The van der Waals surface area contributed by atoms with Gasteiger partial charge in [0.15, 0.2) is 5.03 Å². The number of benzene rings is 2. The second-order valence-corrected chi connectivity index (χ2v) is 15.1. The van der Waals surface area contributed by atoms with E-state index in [1.165, 1.54) is 0 Å². The molecule has 0 aromatic heterocycles. The smallest absolute Gasteiger partial charge is 0.481 e. The fourth-order valence-electron chi connectivity index (χ4n) is 8.08. The quantitative estimate of drug-likeness (QED) is 0.0571. The summed E-state index contributed by atoms with van der Waals surface area (Å²) in [6.07, 6.45) is 3.23. The van der Waals surface area contributed by atoms with Crippen LogP contribution in [0.4, 0.5) is 0 Å². The van der Waals surface area contributed by atoms with Crippen molar-refractivity contribution < 1.29 is 28.7 Å². The molecule has 7 atom stereocenters. The molecule has 3 saturated carbocycles. The maximum Gasteiger partial charge on any atom is 0.481 e. The van der Waals surface area contributed by atoms with Gasteiger partial charge >= 0.3 is 7.12 Å². The molecule has 6 rings (SSSR count). The first-order valence-corrected chi connectivity index (χ1v) is 17.3. The van der Waals surface area contributed by atoms with Crippen molar-refractivity contribution in [2.24, 2.45) is 33.9 Å². The molecule has 0 spiro atoms. The number of hydrazine groups is 1. The first-order valence-electron chi connectivity index (χ1n) is 17.3. The molecule has 0 unspecified atom stereocenters. The topological polar surface area (TPSA) is 179 Å². The zero-order valence-corrected chi connectivity index (χ0v) is 29.7. The van der Waals surface area contributed by atoms with Crippen LogP contribution in [0.1, 0.15) is 85.1 Å². The number of carbonyl (C=O) groups is 2. The van der Waals surface area contributed by atoms with Gasteiger partial charge in [0.25, 0.3) is 5.96 Å². The van der Waals surface area contributed by atoms with Crippen molar-refractivity contribution in [3.05, 3.63) is 52.1 Å². The lowest BCUT2D eigenvalue weighted by Crippen LogP contribution is -2.65. The molecule has 13 nitrogen and oxygen atoms in total. The minimum absolute atomic E-state index is 0.0312. The Morgan fingerprint density at radius 1 is 1.10 bits per heavy atom. The summed E-state index contributed by atoms with van der Waals surface area (Å²) in [5, 5.41) is 18.0. The highest BCUT2D eigenvalue weighted by atomic mass is 16.7. The SMILES string of the molecule is COc1ccc2cc([C@H](C)C(=O)N[C@@H](CCCN=C(N)N[N+](=O)[O-])C(=O)N[C@@H](CC(C)C)B3O[C@@H]4C[C@H]5C[C@H](C5(C)C)[C@]4(C)O3)ccc2c1. The number of nitrogens with two attached hydrogens (primary N) is 1. The Morgan fingerprint density at radius 2 is 1.82 bits per heavy atom. The van der Waals surface area contributed by atoms with E-state index >= 15 is 0 Å². The van der Waals surface area contributed by atoms with E-state index in [2.05, 4.69) is 50.2 Å². The van der Waals surface area contributed by atoms with Crippen molar-refractivity contribution >= 4 is 35.7 Å². The van der Waals surface area contributed by atoms with E-state index in [9.17, 15) is 19.7 Å². The number of methoxy groups -OCH3 is 1. The van der Waals surface area contributed by atoms with Crippen LogP contribution in [0.15, 0.2) is 41.4 Å². The number of carbonyl (C=O) groups excluding carboxylic acids is 2. The highest BCUT2D eigenvalue weighted by molar-refractivity contribution is 6.48. The molecule has 4 aliphatic rings. The molecule has 4 fully saturated rings. The first-order chi connectivity index (χ1) is 23.1. The summed E-state index contributed by atoms with van der Waals surface area (Å²) >= 11 is 0. The zero-order valence-electron chi connectivity index (χ0n) is 29.7. The van der Waals surface area contributed by atoms with Gasteiger partial charge in [0.05, 0.1) is 30.7 Å². The zero-order chi connectivity index (χ0) is 35.7. The van der Waals surface area contributed by atoms with E-state index < -0.39 is 35.7 Å². The molecule has 1 heterocycles. The van der Waals surface area contributed by atoms with E-state index in [4.69, 9.17) is 19.8 Å². The van der Waals surface area contributed by atoms with Gasteiger partial charge in [-0.05, 0) is 97.6 Å². The molecule has 2 amide bonds. The third kappa shape index (κ3) is 7.80. The molecule has 14 heteroatoms. The number of guanidine groups is 1. The Balaban J connectivity index is 1.31. The number of hydrogen-bond donors (Lipinski definition) is 4. The van der Waals surface area contributed by atoms with Crippen LogP contribution < -0.4 is 26.5 Å². The number of amides is 2. The van der Waals surface area contributed by atoms with Gasteiger partial charge in [-0.1, -0.05) is 57.4 Å². The van der Waals surface area contributed by atoms with Crippen LogP contribution in [0.2, 0.25) is 0 Å². The maximum atomic E-state index is 14.1. The van der Waals surface area contributed by atoms with Gasteiger partial charge in [-0.3, -0.25) is 9.59 Å². The molecule has 49 heavy (non-hydrogen) atoms. The predicted molar refractivity (Wildman–Crippen MR) is 188 cm³/mol. The molecule has 2 bridgehead atoms. The van der Waals surface area contributed by atoms with Gasteiger partial charge in [-0.15, -0.1) is 0 Å². The number of aliphatic imine (C=N–C) groups is 1. The monoisotopic (exact) mass is 678 g/mol. The summed E-state index contributed by atoms with van der Waals surface area (Å²) in [5.74, 6) is -0.000222. The third-order valence-electron chi connectivity index (χ3n) is 11.1. The van der Waals surface area contributed by atoms with Crippen molar-refractivity contribution in [1.82, 2.24) is 16.1 Å². The van der Waals surface area contributed by atoms with E-state index in [0.717, 1.165) is 34.9 Å². The minimum Gasteiger partial charge on any atom is -0.497 e. The average molecular weight is 679 g/mol. The molecule has 5 N–H and O–H groups in total. The standard InChI is InChI=1S/C35H51BN6O7/c1-20(2)15-30(36-48-29-19-25-18-28(34(25,4)5)35(29,6)49-36)40-32(44)27(9-8-14-38-33(37)41-42(45)46)39-31(43)21(3)22-10-11-24-17-26(47-7)13-12-23(24)16-22/h10-13,16-17,20-21,25,27-30H,8-9,14-15,18-19H2,1-7H3,(H,39,43)(H,40,44)(H3,37,38,41)/t21-,25+,27-,28+,29+,30-,35-/m0/s1. The molecular weight excluding hydrogens is 627 g/mol. The fraction of sp³-hybridized carbons (Fsp3) is 0.629. The first kappa shape index (κ1) is 36.4. The normalized spacial score (nSPS) is 25.9. The second-order valence-electron chi connectivity index (χ2n) is 15.1. The predicted octanol–water partition coefficient (Wildman–Crippen LogP) is 4.11.